The molecule has 0 fully saturated rings. The highest BCUT2D eigenvalue weighted by atomic mass is 16.8. The molecule has 0 saturated heterocycles. The highest BCUT2D eigenvalue weighted by Gasteiger charge is 2.49. The van der Waals surface area contributed by atoms with Gasteiger partial charge in [0.2, 0.25) is 0 Å². The molecule has 0 amide bonds. The van der Waals surface area contributed by atoms with E-state index in [0.29, 0.717) is 5.76 Å². The van der Waals surface area contributed by atoms with Gasteiger partial charge in [-0.1, -0.05) is 0 Å². The number of aliphatic hydroxyl groups is 1. The lowest BCUT2D eigenvalue weighted by molar-refractivity contribution is -0.290. The summed E-state index contributed by atoms with van der Waals surface area (Å²) in [5.74, 6) is -0.836. The molecule has 5 nitrogen and oxygen atoms in total. The first kappa shape index (κ1) is 11.5. The maximum atomic E-state index is 9.59. The molecule has 0 saturated carbocycles. The number of aliphatic hydroxyl groups excluding tert-OH is 1. The molecular weight excluding hydrogens is 188 g/mol. The van der Waals surface area contributed by atoms with Gasteiger partial charge in [-0.25, -0.2) is 0 Å². The molecule has 0 aromatic heterocycles. The van der Waals surface area contributed by atoms with Crippen molar-refractivity contribution in [2.24, 2.45) is 0 Å². The van der Waals surface area contributed by atoms with Crippen LogP contribution in [0.4, 0.5) is 0 Å². The lowest BCUT2D eigenvalue weighted by Gasteiger charge is -2.32. The molecular formula is C9H16O5. The standard InChI is InChI=1S/C9H16O5/c1-6(10)9(13-4)7(11-2)5-8(12-3)14-9/h5-6,8,10H,1-4H3. The van der Waals surface area contributed by atoms with Crippen LogP contribution in [-0.4, -0.2) is 44.6 Å². The van der Waals surface area contributed by atoms with Crippen LogP contribution < -0.4 is 0 Å². The van der Waals surface area contributed by atoms with E-state index in [-0.39, 0.29) is 0 Å². The minimum absolute atomic E-state index is 0.418. The zero-order valence-corrected chi connectivity index (χ0v) is 8.81. The van der Waals surface area contributed by atoms with Gasteiger partial charge in [0.15, 0.2) is 12.0 Å². The van der Waals surface area contributed by atoms with Crippen molar-refractivity contribution in [3.8, 4) is 0 Å². The van der Waals surface area contributed by atoms with Crippen LogP contribution in [0.2, 0.25) is 0 Å². The second-order valence-corrected chi connectivity index (χ2v) is 3.00. The van der Waals surface area contributed by atoms with Crippen LogP contribution >= 0.6 is 0 Å². The van der Waals surface area contributed by atoms with Crippen molar-refractivity contribution in [3.05, 3.63) is 11.8 Å². The second kappa shape index (κ2) is 4.27. The van der Waals surface area contributed by atoms with Crippen LogP contribution in [0.1, 0.15) is 6.92 Å². The fourth-order valence-corrected chi connectivity index (χ4v) is 1.45. The average molecular weight is 204 g/mol. The first-order valence-electron chi connectivity index (χ1n) is 4.30. The van der Waals surface area contributed by atoms with Gasteiger partial charge < -0.3 is 24.1 Å². The third-order valence-electron chi connectivity index (χ3n) is 2.23. The molecule has 14 heavy (non-hydrogen) atoms. The van der Waals surface area contributed by atoms with Gasteiger partial charge in [-0.05, 0) is 6.92 Å². The highest BCUT2D eigenvalue weighted by Crippen LogP contribution is 2.35. The van der Waals surface area contributed by atoms with Crippen molar-refractivity contribution >= 4 is 0 Å². The van der Waals surface area contributed by atoms with Crippen molar-refractivity contribution in [3.63, 3.8) is 0 Å². The summed E-state index contributed by atoms with van der Waals surface area (Å²) in [6, 6.07) is 0. The highest BCUT2D eigenvalue weighted by molar-refractivity contribution is 5.15. The lowest BCUT2D eigenvalue weighted by Crippen LogP contribution is -2.46. The van der Waals surface area contributed by atoms with Gasteiger partial charge in [-0.2, -0.15) is 0 Å². The number of hydrogen-bond donors (Lipinski definition) is 1. The Labute approximate surface area is 83.2 Å². The fraction of sp³-hybridized carbons (Fsp3) is 0.778. The van der Waals surface area contributed by atoms with E-state index in [1.165, 1.54) is 21.3 Å². The quantitative estimate of drug-likeness (QED) is 0.711. The van der Waals surface area contributed by atoms with Gasteiger partial charge in [0, 0.05) is 20.3 Å². The van der Waals surface area contributed by atoms with Crippen LogP contribution in [0.15, 0.2) is 11.8 Å². The maximum Gasteiger partial charge on any atom is 0.256 e. The van der Waals surface area contributed by atoms with E-state index in [0.717, 1.165) is 0 Å². The van der Waals surface area contributed by atoms with Gasteiger partial charge in [-0.15, -0.1) is 0 Å². The summed E-state index contributed by atoms with van der Waals surface area (Å²) in [7, 11) is 4.43. The third-order valence-corrected chi connectivity index (χ3v) is 2.23. The van der Waals surface area contributed by atoms with Gasteiger partial charge in [-0.3, -0.25) is 0 Å². The summed E-state index contributed by atoms with van der Waals surface area (Å²) in [4.78, 5) is 0. The van der Waals surface area contributed by atoms with Crippen LogP contribution in [0, 0.1) is 0 Å². The van der Waals surface area contributed by atoms with Crippen molar-refractivity contribution in [2.45, 2.75) is 25.1 Å². The summed E-state index contributed by atoms with van der Waals surface area (Å²) < 4.78 is 20.6. The third kappa shape index (κ3) is 1.64. The molecule has 0 aromatic rings. The summed E-state index contributed by atoms with van der Waals surface area (Å²) >= 11 is 0. The number of rotatable bonds is 4. The first-order chi connectivity index (χ1) is 6.60. The van der Waals surface area contributed by atoms with E-state index in [1.54, 1.807) is 13.0 Å². The Bertz CT molecular complexity index is 225. The van der Waals surface area contributed by atoms with Crippen molar-refractivity contribution in [2.75, 3.05) is 21.3 Å². The Balaban J connectivity index is 2.93. The largest absolute Gasteiger partial charge is 0.495 e. The summed E-state index contributed by atoms with van der Waals surface area (Å²) in [6.45, 7) is 1.56. The monoisotopic (exact) mass is 204 g/mol. The summed E-state index contributed by atoms with van der Waals surface area (Å²) in [5, 5.41) is 9.59. The van der Waals surface area contributed by atoms with E-state index in [2.05, 4.69) is 0 Å². The molecule has 1 aliphatic rings. The SMILES string of the molecule is COC1=CC(OC)OC1(OC)C(C)O. The smallest absolute Gasteiger partial charge is 0.256 e. The zero-order chi connectivity index (χ0) is 10.8. The van der Waals surface area contributed by atoms with Crippen molar-refractivity contribution < 1.29 is 24.1 Å². The molecule has 1 aliphatic heterocycles. The number of hydrogen-bond acceptors (Lipinski definition) is 5. The average Bonchev–Trinajstić information content (AvgIpc) is 2.56. The van der Waals surface area contributed by atoms with Crippen molar-refractivity contribution in [1.82, 2.24) is 0 Å². The Morgan fingerprint density at radius 2 is 2.14 bits per heavy atom. The van der Waals surface area contributed by atoms with E-state index in [1.807, 2.05) is 0 Å². The molecule has 1 heterocycles. The molecule has 0 bridgehead atoms. The molecule has 0 radical (unpaired) electrons. The van der Waals surface area contributed by atoms with Crippen LogP contribution in [0.25, 0.3) is 0 Å². The van der Waals surface area contributed by atoms with Crippen molar-refractivity contribution in [1.29, 1.82) is 0 Å². The van der Waals surface area contributed by atoms with Gasteiger partial charge in [0.1, 0.15) is 6.10 Å². The van der Waals surface area contributed by atoms with E-state index < -0.39 is 18.2 Å². The molecule has 82 valence electrons. The predicted molar refractivity (Wildman–Crippen MR) is 48.4 cm³/mol. The number of methoxy groups -OCH3 is 3. The number of ether oxygens (including phenoxy) is 4. The molecule has 0 aliphatic carbocycles. The molecule has 0 spiro atoms. The minimum Gasteiger partial charge on any atom is -0.495 e. The van der Waals surface area contributed by atoms with Gasteiger partial charge >= 0.3 is 0 Å². The molecule has 1 N–H and O–H groups in total. The van der Waals surface area contributed by atoms with E-state index >= 15 is 0 Å². The molecule has 1 rings (SSSR count). The summed E-state index contributed by atoms with van der Waals surface area (Å²) in [5.41, 5.74) is 0. The topological polar surface area (TPSA) is 57.2 Å². The fourth-order valence-electron chi connectivity index (χ4n) is 1.45. The molecule has 0 aromatic carbocycles. The van der Waals surface area contributed by atoms with Gasteiger partial charge in [0.05, 0.1) is 7.11 Å². The van der Waals surface area contributed by atoms with Crippen LogP contribution in [0.5, 0.6) is 0 Å². The first-order valence-corrected chi connectivity index (χ1v) is 4.30. The predicted octanol–water partition coefficient (Wildman–Crippen LogP) is 0.243. The molecule has 3 unspecified atom stereocenters. The Morgan fingerprint density at radius 1 is 1.50 bits per heavy atom. The molecule has 3 atom stereocenters. The maximum absolute atomic E-state index is 9.59. The van der Waals surface area contributed by atoms with Crippen LogP contribution in [0.3, 0.4) is 0 Å². The normalized spacial score (nSPS) is 34.1. The van der Waals surface area contributed by atoms with Gasteiger partial charge in [0.25, 0.3) is 5.79 Å². The van der Waals surface area contributed by atoms with Crippen LogP contribution in [-0.2, 0) is 18.9 Å². The lowest BCUT2D eigenvalue weighted by atomic mass is 10.1. The minimum atomic E-state index is -1.25. The summed E-state index contributed by atoms with van der Waals surface area (Å²) in [6.07, 6.45) is 0.217. The Morgan fingerprint density at radius 3 is 2.43 bits per heavy atom. The van der Waals surface area contributed by atoms with E-state index in [9.17, 15) is 5.11 Å². The Hall–Kier alpha value is -0.620. The second-order valence-electron chi connectivity index (χ2n) is 3.00. The zero-order valence-electron chi connectivity index (χ0n) is 8.81. The molecule has 5 heteroatoms. The van der Waals surface area contributed by atoms with E-state index in [4.69, 9.17) is 18.9 Å². The Kier molecular flexibility index (Phi) is 3.49.